The predicted octanol–water partition coefficient (Wildman–Crippen LogP) is 0.683. The summed E-state index contributed by atoms with van der Waals surface area (Å²) in [6, 6.07) is 0.291. The number of nitrogens with one attached hydrogen (secondary N) is 3. The maximum absolute atomic E-state index is 12.0. The molecule has 1 aliphatic carbocycles. The molecule has 1 unspecified atom stereocenters. The summed E-state index contributed by atoms with van der Waals surface area (Å²) in [5.41, 5.74) is 0. The molecule has 0 aliphatic heterocycles. The van der Waals surface area contributed by atoms with Crippen molar-refractivity contribution >= 4 is 11.9 Å². The zero-order valence-corrected chi connectivity index (χ0v) is 13.0. The van der Waals surface area contributed by atoms with E-state index >= 15 is 0 Å². The molecule has 1 rings (SSSR count). The van der Waals surface area contributed by atoms with Crippen LogP contribution < -0.4 is 16.0 Å². The van der Waals surface area contributed by atoms with Gasteiger partial charge in [-0.1, -0.05) is 0 Å². The van der Waals surface area contributed by atoms with Gasteiger partial charge in [0.25, 0.3) is 0 Å². The lowest BCUT2D eigenvalue weighted by Gasteiger charge is -2.37. The van der Waals surface area contributed by atoms with Crippen molar-refractivity contribution in [3.8, 4) is 0 Å². The molecule has 0 spiro atoms. The summed E-state index contributed by atoms with van der Waals surface area (Å²) < 4.78 is 0. The number of imide groups is 1. The zero-order valence-electron chi connectivity index (χ0n) is 13.0. The van der Waals surface area contributed by atoms with Gasteiger partial charge in [0.1, 0.15) is 0 Å². The first kappa shape index (κ1) is 16.9. The number of hydrogen-bond acceptors (Lipinski definition) is 4. The van der Waals surface area contributed by atoms with Gasteiger partial charge in [0, 0.05) is 18.6 Å². The Morgan fingerprint density at radius 2 is 1.85 bits per heavy atom. The van der Waals surface area contributed by atoms with Crippen molar-refractivity contribution in [2.24, 2.45) is 0 Å². The highest BCUT2D eigenvalue weighted by Crippen LogP contribution is 2.23. The third-order valence-electron chi connectivity index (χ3n) is 4.25. The topological polar surface area (TPSA) is 73.5 Å². The number of nitrogens with zero attached hydrogens (tertiary/aromatic N) is 1. The van der Waals surface area contributed by atoms with Gasteiger partial charge in [-0.05, 0) is 53.6 Å². The zero-order chi connectivity index (χ0) is 15.1. The highest BCUT2D eigenvalue weighted by atomic mass is 16.2. The average Bonchev–Trinajstić information content (AvgIpc) is 2.46. The molecule has 1 aliphatic rings. The number of likely N-dealkylation sites (N-methyl/N-ethyl adjacent to an activating group) is 1. The van der Waals surface area contributed by atoms with E-state index in [9.17, 15) is 9.59 Å². The van der Waals surface area contributed by atoms with E-state index in [1.807, 2.05) is 27.9 Å². The van der Waals surface area contributed by atoms with Gasteiger partial charge in [-0.15, -0.1) is 0 Å². The standard InChI is InChI=1S/C14H28N4O2/c1-5-16-14(20)17-13(19)10(2)18(4)12-8-6-11(15-3)7-9-12/h10-12,15H,5-9H2,1-4H3,(H2,16,17,19,20). The molecule has 6 heteroatoms. The van der Waals surface area contributed by atoms with Crippen molar-refractivity contribution in [2.75, 3.05) is 20.6 Å². The molecule has 6 nitrogen and oxygen atoms in total. The van der Waals surface area contributed by atoms with E-state index < -0.39 is 6.03 Å². The van der Waals surface area contributed by atoms with Gasteiger partial charge < -0.3 is 10.6 Å². The highest BCUT2D eigenvalue weighted by molar-refractivity contribution is 5.96. The van der Waals surface area contributed by atoms with E-state index in [1.54, 1.807) is 0 Å². The van der Waals surface area contributed by atoms with E-state index in [1.165, 1.54) is 0 Å². The van der Waals surface area contributed by atoms with Crippen LogP contribution in [0.5, 0.6) is 0 Å². The molecule has 116 valence electrons. The summed E-state index contributed by atoms with van der Waals surface area (Å²) in [5, 5.41) is 8.25. The average molecular weight is 284 g/mol. The largest absolute Gasteiger partial charge is 0.338 e. The Morgan fingerprint density at radius 1 is 1.25 bits per heavy atom. The van der Waals surface area contributed by atoms with Gasteiger partial charge in [-0.2, -0.15) is 0 Å². The Bertz CT molecular complexity index is 327. The summed E-state index contributed by atoms with van der Waals surface area (Å²) in [4.78, 5) is 25.5. The maximum atomic E-state index is 12.0. The summed E-state index contributed by atoms with van der Waals surface area (Å²) in [6.45, 7) is 4.18. The molecule has 1 fully saturated rings. The molecule has 0 aromatic rings. The Kier molecular flexibility index (Phi) is 6.95. The number of rotatable bonds is 5. The predicted molar refractivity (Wildman–Crippen MR) is 79.5 cm³/mol. The van der Waals surface area contributed by atoms with Gasteiger partial charge in [0.15, 0.2) is 0 Å². The lowest BCUT2D eigenvalue weighted by Crippen LogP contribution is -2.52. The maximum Gasteiger partial charge on any atom is 0.321 e. The first-order valence-corrected chi connectivity index (χ1v) is 7.47. The second-order valence-electron chi connectivity index (χ2n) is 5.48. The monoisotopic (exact) mass is 284 g/mol. The minimum atomic E-state index is -0.420. The van der Waals surface area contributed by atoms with Crippen LogP contribution in [0.2, 0.25) is 0 Å². The smallest absolute Gasteiger partial charge is 0.321 e. The number of urea groups is 1. The molecule has 1 saturated carbocycles. The van der Waals surface area contributed by atoms with Crippen LogP contribution >= 0.6 is 0 Å². The number of carbonyl (C=O) groups excluding carboxylic acids is 2. The second-order valence-corrected chi connectivity index (χ2v) is 5.48. The Hall–Kier alpha value is -1.14. The molecule has 3 N–H and O–H groups in total. The van der Waals surface area contributed by atoms with Crippen LogP contribution in [0.4, 0.5) is 4.79 Å². The lowest BCUT2D eigenvalue weighted by molar-refractivity contribution is -0.125. The van der Waals surface area contributed by atoms with Crippen LogP contribution in [-0.2, 0) is 4.79 Å². The van der Waals surface area contributed by atoms with Crippen LogP contribution in [0.1, 0.15) is 39.5 Å². The highest BCUT2D eigenvalue weighted by Gasteiger charge is 2.29. The summed E-state index contributed by atoms with van der Waals surface area (Å²) in [5.74, 6) is -0.241. The SMILES string of the molecule is CCNC(=O)NC(=O)C(C)N(C)C1CCC(NC)CC1. The van der Waals surface area contributed by atoms with Crippen molar-refractivity contribution < 1.29 is 9.59 Å². The molecule has 20 heavy (non-hydrogen) atoms. The fourth-order valence-electron chi connectivity index (χ4n) is 2.69. The summed E-state index contributed by atoms with van der Waals surface area (Å²) >= 11 is 0. The molecular weight excluding hydrogens is 256 g/mol. The number of amides is 3. The Labute approximate surface area is 121 Å². The van der Waals surface area contributed by atoms with E-state index in [0.29, 0.717) is 18.6 Å². The second kappa shape index (κ2) is 8.21. The fraction of sp³-hybridized carbons (Fsp3) is 0.857. The quantitative estimate of drug-likeness (QED) is 0.694. The van der Waals surface area contributed by atoms with Crippen LogP contribution in [0.15, 0.2) is 0 Å². The summed E-state index contributed by atoms with van der Waals surface area (Å²) in [6.07, 6.45) is 4.44. The molecule has 0 saturated heterocycles. The molecule has 0 aromatic carbocycles. The molecule has 0 aromatic heterocycles. The lowest BCUT2D eigenvalue weighted by atomic mass is 9.90. The summed E-state index contributed by atoms with van der Waals surface area (Å²) in [7, 11) is 3.96. The Balaban J connectivity index is 2.44. The number of hydrogen-bond donors (Lipinski definition) is 3. The minimum absolute atomic E-state index is 0.241. The molecule has 3 amide bonds. The van der Waals surface area contributed by atoms with Crippen LogP contribution in [0, 0.1) is 0 Å². The van der Waals surface area contributed by atoms with Crippen molar-refractivity contribution in [1.82, 2.24) is 20.9 Å². The first-order chi connectivity index (χ1) is 9.49. The molecule has 0 heterocycles. The van der Waals surface area contributed by atoms with Gasteiger partial charge in [-0.25, -0.2) is 4.79 Å². The Morgan fingerprint density at radius 3 is 2.35 bits per heavy atom. The minimum Gasteiger partial charge on any atom is -0.338 e. The number of carbonyl (C=O) groups is 2. The van der Waals surface area contributed by atoms with E-state index in [0.717, 1.165) is 25.7 Å². The normalized spacial score (nSPS) is 24.2. The molecule has 1 atom stereocenters. The van der Waals surface area contributed by atoms with Crippen molar-refractivity contribution in [3.63, 3.8) is 0 Å². The van der Waals surface area contributed by atoms with Crippen molar-refractivity contribution in [3.05, 3.63) is 0 Å². The van der Waals surface area contributed by atoms with Gasteiger partial charge >= 0.3 is 6.03 Å². The van der Waals surface area contributed by atoms with E-state index in [2.05, 4.69) is 20.9 Å². The van der Waals surface area contributed by atoms with Crippen LogP contribution in [0.3, 0.4) is 0 Å². The molecule has 0 bridgehead atoms. The van der Waals surface area contributed by atoms with Gasteiger partial charge in [0.2, 0.25) is 5.91 Å². The van der Waals surface area contributed by atoms with E-state index in [-0.39, 0.29) is 11.9 Å². The molecule has 0 radical (unpaired) electrons. The van der Waals surface area contributed by atoms with E-state index in [4.69, 9.17) is 0 Å². The third kappa shape index (κ3) is 4.76. The van der Waals surface area contributed by atoms with Crippen LogP contribution in [0.25, 0.3) is 0 Å². The third-order valence-corrected chi connectivity index (χ3v) is 4.25. The van der Waals surface area contributed by atoms with Crippen molar-refractivity contribution in [2.45, 2.75) is 57.7 Å². The molecular formula is C14H28N4O2. The fourth-order valence-corrected chi connectivity index (χ4v) is 2.69. The first-order valence-electron chi connectivity index (χ1n) is 7.47. The van der Waals surface area contributed by atoms with Gasteiger partial charge in [0.05, 0.1) is 6.04 Å². The van der Waals surface area contributed by atoms with Crippen molar-refractivity contribution in [1.29, 1.82) is 0 Å². The van der Waals surface area contributed by atoms with Gasteiger partial charge in [-0.3, -0.25) is 15.0 Å². The van der Waals surface area contributed by atoms with Crippen LogP contribution in [-0.4, -0.2) is 55.6 Å².